The van der Waals surface area contributed by atoms with E-state index in [0.717, 1.165) is 12.8 Å². The lowest BCUT2D eigenvalue weighted by Crippen LogP contribution is -2.32. The van der Waals surface area contributed by atoms with Gasteiger partial charge in [0.15, 0.2) is 0 Å². The van der Waals surface area contributed by atoms with Gasteiger partial charge in [0, 0.05) is 19.0 Å². The van der Waals surface area contributed by atoms with Gasteiger partial charge in [-0.05, 0) is 19.8 Å². The average molecular weight is 181 g/mol. The molecule has 1 fully saturated rings. The Bertz CT molecular complexity index is 217. The molecule has 0 radical (unpaired) electrons. The number of rotatable bonds is 5. The van der Waals surface area contributed by atoms with Crippen LogP contribution in [0.1, 0.15) is 26.2 Å². The molecule has 1 amide bonds. The minimum atomic E-state index is -0.172. The van der Waals surface area contributed by atoms with Crippen molar-refractivity contribution in [1.29, 1.82) is 5.26 Å². The molecule has 1 saturated carbocycles. The van der Waals surface area contributed by atoms with Crippen molar-refractivity contribution < 1.29 is 4.79 Å². The Morgan fingerprint density at radius 3 is 2.92 bits per heavy atom. The summed E-state index contributed by atoms with van der Waals surface area (Å²) in [6, 6.07) is 2.31. The number of nitrogens with zero attached hydrogens (tertiary/aromatic N) is 1. The molecule has 1 atom stereocenters. The van der Waals surface area contributed by atoms with Crippen molar-refractivity contribution in [3.8, 4) is 6.07 Å². The highest BCUT2D eigenvalue weighted by atomic mass is 16.1. The predicted octanol–water partition coefficient (Wildman–Crippen LogP) is 0.157. The zero-order valence-corrected chi connectivity index (χ0v) is 7.84. The normalized spacial score (nSPS) is 17.5. The van der Waals surface area contributed by atoms with E-state index in [4.69, 9.17) is 5.26 Å². The summed E-state index contributed by atoms with van der Waals surface area (Å²) in [6.07, 6.45) is 2.70. The first-order valence-corrected chi connectivity index (χ1v) is 4.64. The lowest BCUT2D eigenvalue weighted by Gasteiger charge is -2.05. The third-order valence-corrected chi connectivity index (χ3v) is 1.94. The number of hydrogen-bond acceptors (Lipinski definition) is 3. The number of nitriles is 1. The van der Waals surface area contributed by atoms with Crippen molar-refractivity contribution in [3.63, 3.8) is 0 Å². The SMILES string of the molecule is CC(C#N)NCCC(=O)NC1CC1. The molecule has 0 aromatic heterocycles. The van der Waals surface area contributed by atoms with E-state index in [9.17, 15) is 4.79 Å². The minimum Gasteiger partial charge on any atom is -0.353 e. The highest BCUT2D eigenvalue weighted by Gasteiger charge is 2.22. The fraction of sp³-hybridized carbons (Fsp3) is 0.778. The van der Waals surface area contributed by atoms with Gasteiger partial charge in [0.2, 0.25) is 5.91 Å². The molecule has 0 aromatic carbocycles. The molecule has 0 aliphatic heterocycles. The van der Waals surface area contributed by atoms with Gasteiger partial charge in [0.05, 0.1) is 12.1 Å². The molecule has 4 nitrogen and oxygen atoms in total. The van der Waals surface area contributed by atoms with Crippen molar-refractivity contribution >= 4 is 5.91 Å². The van der Waals surface area contributed by atoms with Gasteiger partial charge < -0.3 is 10.6 Å². The molecule has 1 rings (SSSR count). The predicted molar refractivity (Wildman–Crippen MR) is 48.9 cm³/mol. The molecule has 13 heavy (non-hydrogen) atoms. The number of carbonyl (C=O) groups excluding carboxylic acids is 1. The highest BCUT2D eigenvalue weighted by Crippen LogP contribution is 2.18. The standard InChI is InChI=1S/C9H15N3O/c1-7(6-10)11-5-4-9(13)12-8-2-3-8/h7-8,11H,2-5H2,1H3,(H,12,13). The molecule has 1 unspecified atom stereocenters. The van der Waals surface area contributed by atoms with E-state index >= 15 is 0 Å². The van der Waals surface area contributed by atoms with Crippen LogP contribution in [0.5, 0.6) is 0 Å². The summed E-state index contributed by atoms with van der Waals surface area (Å²) < 4.78 is 0. The minimum absolute atomic E-state index is 0.0835. The highest BCUT2D eigenvalue weighted by molar-refractivity contribution is 5.76. The Hall–Kier alpha value is -1.08. The second kappa shape index (κ2) is 4.83. The lowest BCUT2D eigenvalue weighted by atomic mass is 10.3. The Balaban J connectivity index is 1.98. The quantitative estimate of drug-likeness (QED) is 0.635. The second-order valence-electron chi connectivity index (χ2n) is 3.40. The van der Waals surface area contributed by atoms with Gasteiger partial charge in [-0.15, -0.1) is 0 Å². The van der Waals surface area contributed by atoms with Crippen LogP contribution in [0, 0.1) is 11.3 Å². The van der Waals surface area contributed by atoms with Gasteiger partial charge in [-0.1, -0.05) is 0 Å². The van der Waals surface area contributed by atoms with Crippen LogP contribution < -0.4 is 10.6 Å². The van der Waals surface area contributed by atoms with Crippen LogP contribution in [0.4, 0.5) is 0 Å². The number of nitrogens with one attached hydrogen (secondary N) is 2. The zero-order valence-electron chi connectivity index (χ0n) is 7.84. The first-order valence-electron chi connectivity index (χ1n) is 4.64. The smallest absolute Gasteiger partial charge is 0.221 e. The zero-order chi connectivity index (χ0) is 9.68. The molecule has 0 saturated heterocycles. The molecular formula is C9H15N3O. The fourth-order valence-corrected chi connectivity index (χ4v) is 0.975. The van der Waals surface area contributed by atoms with Crippen LogP contribution in [0.2, 0.25) is 0 Å². The monoisotopic (exact) mass is 181 g/mol. The first kappa shape index (κ1) is 10.0. The van der Waals surface area contributed by atoms with Crippen LogP contribution in [-0.4, -0.2) is 24.5 Å². The molecular weight excluding hydrogens is 166 g/mol. The molecule has 2 N–H and O–H groups in total. The average Bonchev–Trinajstić information content (AvgIpc) is 2.88. The Morgan fingerprint density at radius 2 is 2.38 bits per heavy atom. The molecule has 1 aliphatic carbocycles. The van der Waals surface area contributed by atoms with E-state index in [0.29, 0.717) is 19.0 Å². The Kier molecular flexibility index (Phi) is 3.71. The third kappa shape index (κ3) is 4.48. The molecule has 4 heteroatoms. The fourth-order valence-electron chi connectivity index (χ4n) is 0.975. The van der Waals surface area contributed by atoms with Crippen molar-refractivity contribution in [2.24, 2.45) is 0 Å². The topological polar surface area (TPSA) is 64.9 Å². The summed E-state index contributed by atoms with van der Waals surface area (Å²) in [5, 5.41) is 14.3. The summed E-state index contributed by atoms with van der Waals surface area (Å²) in [6.45, 7) is 2.35. The van der Waals surface area contributed by atoms with Crippen molar-refractivity contribution in [2.75, 3.05) is 6.54 Å². The van der Waals surface area contributed by atoms with Crippen molar-refractivity contribution in [3.05, 3.63) is 0 Å². The largest absolute Gasteiger partial charge is 0.353 e. The van der Waals surface area contributed by atoms with E-state index in [1.807, 2.05) is 6.07 Å². The maximum atomic E-state index is 11.1. The molecule has 0 spiro atoms. The van der Waals surface area contributed by atoms with E-state index in [2.05, 4.69) is 10.6 Å². The second-order valence-corrected chi connectivity index (χ2v) is 3.40. The summed E-state index contributed by atoms with van der Waals surface area (Å²) in [4.78, 5) is 11.1. The van der Waals surface area contributed by atoms with Crippen LogP contribution in [0.3, 0.4) is 0 Å². The summed E-state index contributed by atoms with van der Waals surface area (Å²) in [5.74, 6) is 0.0835. The van der Waals surface area contributed by atoms with Gasteiger partial charge in [-0.2, -0.15) is 5.26 Å². The van der Waals surface area contributed by atoms with E-state index < -0.39 is 0 Å². The third-order valence-electron chi connectivity index (χ3n) is 1.94. The number of amides is 1. The molecule has 1 aliphatic rings. The number of hydrogen-bond donors (Lipinski definition) is 2. The Morgan fingerprint density at radius 1 is 1.69 bits per heavy atom. The summed E-state index contributed by atoms with van der Waals surface area (Å²) >= 11 is 0. The van der Waals surface area contributed by atoms with Gasteiger partial charge >= 0.3 is 0 Å². The van der Waals surface area contributed by atoms with Gasteiger partial charge in [-0.25, -0.2) is 0 Å². The lowest BCUT2D eigenvalue weighted by molar-refractivity contribution is -0.121. The molecule has 0 bridgehead atoms. The maximum absolute atomic E-state index is 11.1. The Labute approximate surface area is 78.3 Å². The van der Waals surface area contributed by atoms with Crippen LogP contribution in [0.25, 0.3) is 0 Å². The molecule has 0 aromatic rings. The molecule has 0 heterocycles. The van der Waals surface area contributed by atoms with Crippen molar-refractivity contribution in [1.82, 2.24) is 10.6 Å². The van der Waals surface area contributed by atoms with E-state index in [1.54, 1.807) is 6.92 Å². The summed E-state index contributed by atoms with van der Waals surface area (Å²) in [7, 11) is 0. The maximum Gasteiger partial charge on any atom is 0.221 e. The van der Waals surface area contributed by atoms with Gasteiger partial charge in [0.1, 0.15) is 0 Å². The van der Waals surface area contributed by atoms with Crippen LogP contribution in [0.15, 0.2) is 0 Å². The van der Waals surface area contributed by atoms with Crippen LogP contribution >= 0.6 is 0 Å². The van der Waals surface area contributed by atoms with E-state index in [1.165, 1.54) is 0 Å². The van der Waals surface area contributed by atoms with Gasteiger partial charge in [-0.3, -0.25) is 4.79 Å². The molecule has 72 valence electrons. The first-order chi connectivity index (χ1) is 6.22. The van der Waals surface area contributed by atoms with E-state index in [-0.39, 0.29) is 11.9 Å². The summed E-state index contributed by atoms with van der Waals surface area (Å²) in [5.41, 5.74) is 0. The number of carbonyl (C=O) groups is 1. The van der Waals surface area contributed by atoms with Crippen molar-refractivity contribution in [2.45, 2.75) is 38.3 Å². The van der Waals surface area contributed by atoms with Crippen LogP contribution in [-0.2, 0) is 4.79 Å². The van der Waals surface area contributed by atoms with Gasteiger partial charge in [0.25, 0.3) is 0 Å².